The van der Waals surface area contributed by atoms with Crippen LogP contribution in [0.5, 0.6) is 0 Å². The molecule has 0 saturated heterocycles. The third kappa shape index (κ3) is 3.67. The summed E-state index contributed by atoms with van der Waals surface area (Å²) in [4.78, 5) is 4.61. The molecular weight excluding hydrogens is 268 g/mol. The molecule has 0 saturated carbocycles. The van der Waals surface area contributed by atoms with Crippen molar-refractivity contribution in [2.24, 2.45) is 0 Å². The highest BCUT2D eigenvalue weighted by Crippen LogP contribution is 2.20. The molecule has 0 fully saturated rings. The number of nitrogens with one attached hydrogen (secondary N) is 1. The Hall–Kier alpha value is -1.20. The summed E-state index contributed by atoms with van der Waals surface area (Å²) in [5.74, 6) is 0. The summed E-state index contributed by atoms with van der Waals surface area (Å²) in [6.45, 7) is 9.50. The lowest BCUT2D eigenvalue weighted by atomic mass is 10.1. The highest BCUT2D eigenvalue weighted by atomic mass is 32.1. The maximum absolute atomic E-state index is 4.69. The van der Waals surface area contributed by atoms with Gasteiger partial charge in [-0.1, -0.05) is 13.8 Å². The average Bonchev–Trinajstić information content (AvgIpc) is 3.06. The molecular formula is C15H24N4S. The number of hydrogen-bond acceptors (Lipinski definition) is 4. The molecule has 0 amide bonds. The zero-order valence-corrected chi connectivity index (χ0v) is 13.6. The van der Waals surface area contributed by atoms with Crippen molar-refractivity contribution in [2.45, 2.75) is 52.6 Å². The second-order valence-electron chi connectivity index (χ2n) is 5.15. The van der Waals surface area contributed by atoms with Crippen LogP contribution in [0.15, 0.2) is 17.6 Å². The molecule has 4 nitrogen and oxygen atoms in total. The summed E-state index contributed by atoms with van der Waals surface area (Å²) < 4.78 is 2.06. The van der Waals surface area contributed by atoms with Gasteiger partial charge in [-0.25, -0.2) is 4.98 Å². The van der Waals surface area contributed by atoms with Crippen LogP contribution >= 0.6 is 11.3 Å². The van der Waals surface area contributed by atoms with E-state index in [-0.39, 0.29) is 6.04 Å². The van der Waals surface area contributed by atoms with Crippen LogP contribution in [0.3, 0.4) is 0 Å². The van der Waals surface area contributed by atoms with Crippen LogP contribution < -0.4 is 5.32 Å². The summed E-state index contributed by atoms with van der Waals surface area (Å²) in [5, 5.41) is 11.5. The molecule has 0 aliphatic rings. The minimum atomic E-state index is 0.255. The van der Waals surface area contributed by atoms with Crippen molar-refractivity contribution in [1.29, 1.82) is 0 Å². The van der Waals surface area contributed by atoms with Crippen molar-refractivity contribution in [3.63, 3.8) is 0 Å². The molecule has 2 aromatic rings. The predicted molar refractivity (Wildman–Crippen MR) is 84.2 cm³/mol. The lowest BCUT2D eigenvalue weighted by Crippen LogP contribution is -2.23. The van der Waals surface area contributed by atoms with Crippen molar-refractivity contribution in [3.05, 3.63) is 34.0 Å². The van der Waals surface area contributed by atoms with E-state index in [4.69, 9.17) is 0 Å². The molecule has 20 heavy (non-hydrogen) atoms. The first kappa shape index (κ1) is 15.2. The van der Waals surface area contributed by atoms with Gasteiger partial charge < -0.3 is 5.32 Å². The van der Waals surface area contributed by atoms with Crippen LogP contribution in [-0.4, -0.2) is 21.3 Å². The Morgan fingerprint density at radius 1 is 1.40 bits per heavy atom. The van der Waals surface area contributed by atoms with Crippen LogP contribution in [-0.2, 0) is 6.42 Å². The first-order chi connectivity index (χ1) is 9.63. The number of aryl methyl sites for hydroxylation is 1. The normalized spacial score (nSPS) is 14.4. The molecule has 2 aromatic heterocycles. The zero-order valence-electron chi connectivity index (χ0n) is 12.8. The molecule has 2 atom stereocenters. The minimum absolute atomic E-state index is 0.255. The number of rotatable bonds is 7. The van der Waals surface area contributed by atoms with Crippen molar-refractivity contribution in [1.82, 2.24) is 20.1 Å². The van der Waals surface area contributed by atoms with E-state index in [1.165, 1.54) is 0 Å². The van der Waals surface area contributed by atoms with Gasteiger partial charge in [-0.2, -0.15) is 5.10 Å². The van der Waals surface area contributed by atoms with E-state index >= 15 is 0 Å². The number of likely N-dealkylation sites (N-methyl/N-ethyl adjacent to an activating group) is 1. The largest absolute Gasteiger partial charge is 0.309 e. The monoisotopic (exact) mass is 292 g/mol. The topological polar surface area (TPSA) is 42.7 Å². The third-order valence-electron chi connectivity index (χ3n) is 3.56. The maximum atomic E-state index is 4.69. The van der Waals surface area contributed by atoms with E-state index in [1.54, 1.807) is 11.3 Å². The second-order valence-corrected chi connectivity index (χ2v) is 6.21. The van der Waals surface area contributed by atoms with Gasteiger partial charge in [0, 0.05) is 24.0 Å². The fraction of sp³-hybridized carbons (Fsp3) is 0.600. The van der Waals surface area contributed by atoms with Gasteiger partial charge in [-0.05, 0) is 32.9 Å². The number of aromatic nitrogens is 3. The van der Waals surface area contributed by atoms with Crippen LogP contribution in [0.4, 0.5) is 0 Å². The SMILES string of the molecule is CCNC(Cc1ccn(C(C)CC)n1)c1csc(C)n1. The fourth-order valence-corrected chi connectivity index (χ4v) is 2.86. The van der Waals surface area contributed by atoms with E-state index in [0.717, 1.165) is 35.8 Å². The van der Waals surface area contributed by atoms with E-state index in [1.807, 2.05) is 0 Å². The number of nitrogens with zero attached hydrogens (tertiary/aromatic N) is 3. The van der Waals surface area contributed by atoms with E-state index in [0.29, 0.717) is 6.04 Å². The lowest BCUT2D eigenvalue weighted by Gasteiger charge is -2.14. The Morgan fingerprint density at radius 3 is 2.80 bits per heavy atom. The minimum Gasteiger partial charge on any atom is -0.309 e. The molecule has 0 aliphatic heterocycles. The first-order valence-corrected chi connectivity index (χ1v) is 8.21. The van der Waals surface area contributed by atoms with Crippen LogP contribution in [0.25, 0.3) is 0 Å². The summed E-state index contributed by atoms with van der Waals surface area (Å²) in [7, 11) is 0. The lowest BCUT2D eigenvalue weighted by molar-refractivity contribution is 0.466. The van der Waals surface area contributed by atoms with Crippen molar-refractivity contribution < 1.29 is 0 Å². The van der Waals surface area contributed by atoms with Crippen LogP contribution in [0.2, 0.25) is 0 Å². The van der Waals surface area contributed by atoms with Crippen molar-refractivity contribution in [2.75, 3.05) is 6.54 Å². The summed E-state index contributed by atoms with van der Waals surface area (Å²) in [5.41, 5.74) is 2.26. The summed E-state index contributed by atoms with van der Waals surface area (Å²) in [6, 6.07) is 2.84. The quantitative estimate of drug-likeness (QED) is 0.849. The van der Waals surface area contributed by atoms with Crippen LogP contribution in [0.1, 0.15) is 55.7 Å². The molecule has 0 aromatic carbocycles. The van der Waals surface area contributed by atoms with Gasteiger partial charge in [0.1, 0.15) is 0 Å². The standard InChI is InChI=1S/C15H24N4S/c1-5-11(3)19-8-7-13(18-19)9-14(16-6-2)15-10-20-12(4)17-15/h7-8,10-11,14,16H,5-6,9H2,1-4H3. The van der Waals surface area contributed by atoms with E-state index in [9.17, 15) is 0 Å². The summed E-state index contributed by atoms with van der Waals surface area (Å²) >= 11 is 1.71. The molecule has 1 N–H and O–H groups in total. The third-order valence-corrected chi connectivity index (χ3v) is 4.36. The second kappa shape index (κ2) is 6.99. The highest BCUT2D eigenvalue weighted by molar-refractivity contribution is 7.09. The van der Waals surface area contributed by atoms with Gasteiger partial charge in [0.25, 0.3) is 0 Å². The van der Waals surface area contributed by atoms with Gasteiger partial charge in [0.05, 0.1) is 22.4 Å². The fourth-order valence-electron chi connectivity index (χ4n) is 2.20. The van der Waals surface area contributed by atoms with E-state index in [2.05, 4.69) is 65.4 Å². The maximum Gasteiger partial charge on any atom is 0.0898 e. The smallest absolute Gasteiger partial charge is 0.0898 e. The number of thiazole rings is 1. The molecule has 0 bridgehead atoms. The molecule has 5 heteroatoms. The molecule has 0 aliphatic carbocycles. The Balaban J connectivity index is 2.10. The molecule has 2 unspecified atom stereocenters. The Bertz CT molecular complexity index is 531. The zero-order chi connectivity index (χ0) is 14.5. The summed E-state index contributed by atoms with van der Waals surface area (Å²) in [6.07, 6.45) is 4.07. The molecule has 0 spiro atoms. The Kier molecular flexibility index (Phi) is 5.31. The van der Waals surface area contributed by atoms with E-state index < -0.39 is 0 Å². The predicted octanol–water partition coefficient (Wildman–Crippen LogP) is 3.51. The molecule has 2 rings (SSSR count). The molecule has 0 radical (unpaired) electrons. The van der Waals surface area contributed by atoms with Gasteiger partial charge in [-0.15, -0.1) is 11.3 Å². The number of hydrogen-bond donors (Lipinski definition) is 1. The Morgan fingerprint density at radius 2 is 2.20 bits per heavy atom. The Labute approximate surface area is 125 Å². The highest BCUT2D eigenvalue weighted by Gasteiger charge is 2.16. The molecule has 2 heterocycles. The van der Waals surface area contributed by atoms with Crippen molar-refractivity contribution >= 4 is 11.3 Å². The molecule has 110 valence electrons. The van der Waals surface area contributed by atoms with Gasteiger partial charge in [0.15, 0.2) is 0 Å². The van der Waals surface area contributed by atoms with Gasteiger partial charge in [0.2, 0.25) is 0 Å². The van der Waals surface area contributed by atoms with Gasteiger partial charge in [-0.3, -0.25) is 4.68 Å². The first-order valence-electron chi connectivity index (χ1n) is 7.33. The van der Waals surface area contributed by atoms with Crippen LogP contribution in [0, 0.1) is 6.92 Å². The van der Waals surface area contributed by atoms with Gasteiger partial charge >= 0.3 is 0 Å². The van der Waals surface area contributed by atoms with Crippen molar-refractivity contribution in [3.8, 4) is 0 Å². The average molecular weight is 292 g/mol.